The van der Waals surface area contributed by atoms with Crippen molar-refractivity contribution in [2.75, 3.05) is 26.7 Å². The summed E-state index contributed by atoms with van der Waals surface area (Å²) < 4.78 is 33.8. The predicted octanol–water partition coefficient (Wildman–Crippen LogP) is 2.63. The van der Waals surface area contributed by atoms with Crippen LogP contribution in [-0.2, 0) is 5.41 Å². The average molecular weight is 402 g/mol. The van der Waals surface area contributed by atoms with Gasteiger partial charge in [0.2, 0.25) is 0 Å². The molecule has 6 nitrogen and oxygen atoms in total. The van der Waals surface area contributed by atoms with Crippen LogP contribution >= 0.6 is 0 Å². The number of carbonyl (C=O) groups is 1. The van der Waals surface area contributed by atoms with Gasteiger partial charge in [-0.15, -0.1) is 0 Å². The third kappa shape index (κ3) is 4.31. The molecule has 0 bridgehead atoms. The molecule has 1 fully saturated rings. The van der Waals surface area contributed by atoms with Crippen molar-refractivity contribution in [2.24, 2.45) is 5.73 Å². The molecule has 1 aliphatic heterocycles. The van der Waals surface area contributed by atoms with Gasteiger partial charge in [-0.2, -0.15) is 0 Å². The molecule has 0 aliphatic carbocycles. The number of amides is 1. The molecule has 1 heterocycles. The second kappa shape index (κ2) is 8.46. The Hall–Kier alpha value is -3.16. The third-order valence-corrected chi connectivity index (χ3v) is 5.50. The highest BCUT2D eigenvalue weighted by Crippen LogP contribution is 2.37. The number of rotatable bonds is 5. The van der Waals surface area contributed by atoms with Gasteiger partial charge < -0.3 is 20.7 Å². The zero-order chi connectivity index (χ0) is 21.0. The highest BCUT2D eigenvalue weighted by molar-refractivity contribution is 5.97. The summed E-state index contributed by atoms with van der Waals surface area (Å²) in [6.07, 6.45) is 0.832. The lowest BCUT2D eigenvalue weighted by Gasteiger charge is -2.42. The molecule has 154 valence electrons. The minimum Gasteiger partial charge on any atom is -0.496 e. The molecule has 0 saturated carbocycles. The first-order chi connectivity index (χ1) is 13.9. The monoisotopic (exact) mass is 402 g/mol. The van der Waals surface area contributed by atoms with Crippen LogP contribution in [-0.4, -0.2) is 43.5 Å². The number of ether oxygens (including phenoxy) is 1. The summed E-state index contributed by atoms with van der Waals surface area (Å²) in [5.41, 5.74) is 5.35. The van der Waals surface area contributed by atoms with Gasteiger partial charge >= 0.3 is 0 Å². The Morgan fingerprint density at radius 3 is 2.59 bits per heavy atom. The summed E-state index contributed by atoms with van der Waals surface area (Å²) in [6, 6.07) is 10.2. The van der Waals surface area contributed by atoms with Crippen LogP contribution in [0.5, 0.6) is 5.75 Å². The maximum absolute atomic E-state index is 14.6. The van der Waals surface area contributed by atoms with Crippen molar-refractivity contribution in [1.82, 2.24) is 10.2 Å². The largest absolute Gasteiger partial charge is 0.496 e. The van der Waals surface area contributed by atoms with Gasteiger partial charge in [-0.25, -0.2) is 8.78 Å². The molecule has 1 saturated heterocycles. The van der Waals surface area contributed by atoms with Crippen LogP contribution in [0.15, 0.2) is 42.5 Å². The number of methoxy groups -OCH3 is 1. The number of guanidine groups is 1. The number of nitrogens with two attached hydrogens (primary N) is 1. The fourth-order valence-corrected chi connectivity index (χ4v) is 3.80. The Morgan fingerprint density at radius 2 is 1.93 bits per heavy atom. The van der Waals surface area contributed by atoms with Gasteiger partial charge in [-0.1, -0.05) is 12.1 Å². The van der Waals surface area contributed by atoms with Crippen molar-refractivity contribution in [3.63, 3.8) is 0 Å². The maximum atomic E-state index is 14.6. The van der Waals surface area contributed by atoms with Gasteiger partial charge in [0.25, 0.3) is 5.91 Å². The fraction of sp³-hybridized carbons (Fsp3) is 0.333. The summed E-state index contributed by atoms with van der Waals surface area (Å²) in [6.45, 7) is 0.946. The third-order valence-electron chi connectivity index (χ3n) is 5.50. The molecular formula is C21H24F2N4O2. The van der Waals surface area contributed by atoms with E-state index in [-0.39, 0.29) is 24.0 Å². The van der Waals surface area contributed by atoms with Crippen LogP contribution in [0.1, 0.15) is 28.8 Å². The predicted molar refractivity (Wildman–Crippen MR) is 106 cm³/mol. The van der Waals surface area contributed by atoms with Crippen molar-refractivity contribution in [2.45, 2.75) is 18.3 Å². The lowest BCUT2D eigenvalue weighted by atomic mass is 9.72. The van der Waals surface area contributed by atoms with Crippen LogP contribution in [0.25, 0.3) is 0 Å². The molecule has 0 radical (unpaired) electrons. The molecule has 2 aromatic rings. The first-order valence-corrected chi connectivity index (χ1v) is 9.32. The number of carbonyl (C=O) groups excluding carboxylic acids is 1. The van der Waals surface area contributed by atoms with E-state index in [0.29, 0.717) is 37.2 Å². The normalized spacial score (nSPS) is 15.6. The summed E-state index contributed by atoms with van der Waals surface area (Å²) in [5.74, 6) is -1.04. The SMILES string of the molecule is COc1ccccc1C(=O)NCC1(c2cc(F)ccc2F)CCN(C(=N)N)CC1. The van der Waals surface area contributed by atoms with Gasteiger partial charge in [0, 0.05) is 25.0 Å². The van der Waals surface area contributed by atoms with E-state index in [4.69, 9.17) is 15.9 Å². The molecule has 3 rings (SSSR count). The highest BCUT2D eigenvalue weighted by atomic mass is 19.1. The Balaban J connectivity index is 1.87. The lowest BCUT2D eigenvalue weighted by Crippen LogP contribution is -2.52. The van der Waals surface area contributed by atoms with E-state index in [2.05, 4.69) is 5.32 Å². The van der Waals surface area contributed by atoms with E-state index in [0.717, 1.165) is 12.1 Å². The second-order valence-corrected chi connectivity index (χ2v) is 7.16. The number of halogens is 2. The van der Waals surface area contributed by atoms with E-state index in [1.807, 2.05) is 0 Å². The Labute approximate surface area is 168 Å². The number of benzene rings is 2. The van der Waals surface area contributed by atoms with Crippen molar-refractivity contribution < 1.29 is 18.3 Å². The van der Waals surface area contributed by atoms with Gasteiger partial charge in [0.05, 0.1) is 12.7 Å². The fourth-order valence-electron chi connectivity index (χ4n) is 3.80. The zero-order valence-electron chi connectivity index (χ0n) is 16.2. The molecule has 8 heteroatoms. The van der Waals surface area contributed by atoms with E-state index in [1.165, 1.54) is 13.2 Å². The maximum Gasteiger partial charge on any atom is 0.255 e. The smallest absolute Gasteiger partial charge is 0.255 e. The molecule has 0 unspecified atom stereocenters. The zero-order valence-corrected chi connectivity index (χ0v) is 16.2. The number of likely N-dealkylation sites (tertiary alicyclic amines) is 1. The minimum atomic E-state index is -0.810. The lowest BCUT2D eigenvalue weighted by molar-refractivity contribution is 0.0928. The molecule has 29 heavy (non-hydrogen) atoms. The number of piperidine rings is 1. The van der Waals surface area contributed by atoms with Gasteiger partial charge in [-0.05, 0) is 48.7 Å². The number of hydrogen-bond donors (Lipinski definition) is 3. The Kier molecular flexibility index (Phi) is 6.00. The summed E-state index contributed by atoms with van der Waals surface area (Å²) in [5, 5.41) is 10.5. The van der Waals surface area contributed by atoms with Crippen molar-refractivity contribution in [3.8, 4) is 5.75 Å². The van der Waals surface area contributed by atoms with Gasteiger partial charge in [-0.3, -0.25) is 10.2 Å². The molecule has 1 aliphatic rings. The van der Waals surface area contributed by atoms with Crippen LogP contribution in [0.2, 0.25) is 0 Å². The topological polar surface area (TPSA) is 91.4 Å². The number of nitrogens with one attached hydrogen (secondary N) is 2. The first kappa shape index (κ1) is 20.6. The highest BCUT2D eigenvalue weighted by Gasteiger charge is 2.39. The summed E-state index contributed by atoms with van der Waals surface area (Å²) >= 11 is 0. The molecule has 0 aromatic heterocycles. The molecule has 4 N–H and O–H groups in total. The number of para-hydroxylation sites is 1. The molecule has 0 atom stereocenters. The van der Waals surface area contributed by atoms with Crippen LogP contribution in [0, 0.1) is 17.0 Å². The standard InChI is InChI=1S/C21H24F2N4O2/c1-29-18-5-3-2-4-15(18)19(28)26-13-21(8-10-27(11-9-21)20(24)25)16-12-14(22)6-7-17(16)23/h2-7,12H,8-11,13H2,1H3,(H3,24,25)(H,26,28). The van der Waals surface area contributed by atoms with Gasteiger partial charge in [0.1, 0.15) is 17.4 Å². The second-order valence-electron chi connectivity index (χ2n) is 7.16. The first-order valence-electron chi connectivity index (χ1n) is 9.32. The van der Waals surface area contributed by atoms with E-state index in [9.17, 15) is 13.6 Å². The molecule has 2 aromatic carbocycles. The quantitative estimate of drug-likeness (QED) is 0.530. The number of nitrogens with zero attached hydrogens (tertiary/aromatic N) is 1. The molecular weight excluding hydrogens is 378 g/mol. The van der Waals surface area contributed by atoms with E-state index < -0.39 is 17.0 Å². The minimum absolute atomic E-state index is 0.0589. The summed E-state index contributed by atoms with van der Waals surface area (Å²) in [7, 11) is 1.48. The van der Waals surface area contributed by atoms with Gasteiger partial charge in [0.15, 0.2) is 5.96 Å². The van der Waals surface area contributed by atoms with Crippen molar-refractivity contribution in [3.05, 3.63) is 65.2 Å². The number of hydrogen-bond acceptors (Lipinski definition) is 3. The van der Waals surface area contributed by atoms with Crippen molar-refractivity contribution >= 4 is 11.9 Å². The van der Waals surface area contributed by atoms with E-state index >= 15 is 0 Å². The van der Waals surface area contributed by atoms with E-state index in [1.54, 1.807) is 29.2 Å². The average Bonchev–Trinajstić information content (AvgIpc) is 2.74. The van der Waals surface area contributed by atoms with Crippen LogP contribution in [0.4, 0.5) is 8.78 Å². The van der Waals surface area contributed by atoms with Crippen LogP contribution in [0.3, 0.4) is 0 Å². The Bertz CT molecular complexity index is 911. The molecule has 0 spiro atoms. The van der Waals surface area contributed by atoms with Crippen LogP contribution < -0.4 is 15.8 Å². The molecule has 1 amide bonds. The van der Waals surface area contributed by atoms with Crippen molar-refractivity contribution in [1.29, 1.82) is 5.41 Å². The Morgan fingerprint density at radius 1 is 1.24 bits per heavy atom. The summed E-state index contributed by atoms with van der Waals surface area (Å²) in [4.78, 5) is 14.4.